The number of amides is 3. The van der Waals surface area contributed by atoms with Crippen LogP contribution < -0.4 is 15.5 Å². The molecule has 0 fully saturated rings. The molecular formula is C19H30N3O4+. The van der Waals surface area contributed by atoms with Crippen LogP contribution in [0, 0.1) is 0 Å². The Balaban J connectivity index is 2.49. The molecule has 1 aromatic rings. The second-order valence-corrected chi connectivity index (χ2v) is 6.11. The van der Waals surface area contributed by atoms with Crippen LogP contribution in [0.15, 0.2) is 24.3 Å². The smallest absolute Gasteiger partial charge is 0.414 e. The van der Waals surface area contributed by atoms with Crippen molar-refractivity contribution in [3.05, 3.63) is 35.4 Å². The Bertz CT molecular complexity index is 601. The third-order valence-corrected chi connectivity index (χ3v) is 4.10. The molecule has 0 aliphatic heterocycles. The maximum absolute atomic E-state index is 12.3. The van der Waals surface area contributed by atoms with Gasteiger partial charge in [0.15, 0.2) is 13.1 Å². The summed E-state index contributed by atoms with van der Waals surface area (Å²) < 4.78 is 4.67. The van der Waals surface area contributed by atoms with Crippen LogP contribution in [0.5, 0.6) is 0 Å². The zero-order valence-corrected chi connectivity index (χ0v) is 16.1. The molecule has 1 rings (SSSR count). The van der Waals surface area contributed by atoms with Gasteiger partial charge in [-0.2, -0.15) is 0 Å². The molecule has 0 spiro atoms. The molecule has 0 aliphatic carbocycles. The molecule has 0 aromatic heterocycles. The van der Waals surface area contributed by atoms with Crippen molar-refractivity contribution in [2.45, 2.75) is 40.2 Å². The summed E-state index contributed by atoms with van der Waals surface area (Å²) in [6.45, 7) is 8.54. The van der Waals surface area contributed by atoms with Gasteiger partial charge in [0.05, 0.1) is 19.2 Å². The number of likely N-dealkylation sites (N-methyl/N-ethyl adjacent to an activating group) is 1. The number of imide groups is 1. The van der Waals surface area contributed by atoms with Gasteiger partial charge in [0, 0.05) is 0 Å². The minimum atomic E-state index is -0.762. The summed E-state index contributed by atoms with van der Waals surface area (Å²) in [5, 5.41) is 5.09. The van der Waals surface area contributed by atoms with E-state index in [0.717, 1.165) is 16.9 Å². The van der Waals surface area contributed by atoms with Crippen molar-refractivity contribution in [2.75, 3.05) is 26.2 Å². The highest BCUT2D eigenvalue weighted by molar-refractivity contribution is 5.92. The maximum atomic E-state index is 12.3. The van der Waals surface area contributed by atoms with Crippen LogP contribution in [-0.2, 0) is 20.7 Å². The van der Waals surface area contributed by atoms with Gasteiger partial charge in [0.1, 0.15) is 0 Å². The first-order valence-corrected chi connectivity index (χ1v) is 9.07. The minimum absolute atomic E-state index is 0.0301. The largest absolute Gasteiger partial charge is 0.450 e. The number of hydrogen-bond donors (Lipinski definition) is 3. The minimum Gasteiger partial charge on any atom is -0.450 e. The van der Waals surface area contributed by atoms with Crippen LogP contribution in [0.25, 0.3) is 0 Å². The lowest BCUT2D eigenvalue weighted by atomic mass is 10.1. The van der Waals surface area contributed by atoms with Crippen molar-refractivity contribution >= 4 is 17.9 Å². The summed E-state index contributed by atoms with van der Waals surface area (Å²) in [6.07, 6.45) is 0.213. The van der Waals surface area contributed by atoms with E-state index in [9.17, 15) is 14.4 Å². The third-order valence-electron chi connectivity index (χ3n) is 4.10. The van der Waals surface area contributed by atoms with Crippen LogP contribution in [0.1, 0.15) is 44.9 Å². The number of quaternary nitrogens is 1. The van der Waals surface area contributed by atoms with Crippen molar-refractivity contribution in [3.8, 4) is 0 Å². The van der Waals surface area contributed by atoms with E-state index in [1.165, 1.54) is 5.56 Å². The Labute approximate surface area is 155 Å². The Hall–Kier alpha value is -2.41. The number of ether oxygens (including phenoxy) is 1. The summed E-state index contributed by atoms with van der Waals surface area (Å²) >= 11 is 0. The van der Waals surface area contributed by atoms with E-state index in [2.05, 4.69) is 34.4 Å². The second kappa shape index (κ2) is 11.3. The maximum Gasteiger partial charge on any atom is 0.414 e. The first-order chi connectivity index (χ1) is 12.4. The van der Waals surface area contributed by atoms with Gasteiger partial charge in [-0.15, -0.1) is 0 Å². The van der Waals surface area contributed by atoms with Gasteiger partial charge in [-0.05, 0) is 38.3 Å². The summed E-state index contributed by atoms with van der Waals surface area (Å²) in [4.78, 5) is 36.1. The zero-order valence-electron chi connectivity index (χ0n) is 16.1. The average Bonchev–Trinajstić information content (AvgIpc) is 2.61. The van der Waals surface area contributed by atoms with Crippen molar-refractivity contribution in [1.82, 2.24) is 10.6 Å². The lowest BCUT2D eigenvalue weighted by Crippen LogP contribution is -3.14. The molecule has 0 radical (unpaired) electrons. The monoisotopic (exact) mass is 364 g/mol. The highest BCUT2D eigenvalue weighted by atomic mass is 16.5. The summed E-state index contributed by atoms with van der Waals surface area (Å²) in [7, 11) is 0. The number of rotatable bonds is 9. The molecular weight excluding hydrogens is 334 g/mol. The fourth-order valence-electron chi connectivity index (χ4n) is 2.51. The van der Waals surface area contributed by atoms with E-state index in [4.69, 9.17) is 0 Å². The van der Waals surface area contributed by atoms with Gasteiger partial charge < -0.3 is 15.0 Å². The molecule has 3 amide bonds. The number of carbonyl (C=O) groups excluding carboxylic acids is 3. The van der Waals surface area contributed by atoms with E-state index < -0.39 is 12.0 Å². The molecule has 2 atom stereocenters. The normalized spacial score (nSPS) is 12.8. The fraction of sp³-hybridized carbons (Fsp3) is 0.526. The summed E-state index contributed by atoms with van der Waals surface area (Å²) in [6, 6.07) is 8.03. The van der Waals surface area contributed by atoms with E-state index >= 15 is 0 Å². The molecule has 0 saturated heterocycles. The predicted molar refractivity (Wildman–Crippen MR) is 98.8 cm³/mol. The Morgan fingerprint density at radius 1 is 1.04 bits per heavy atom. The Morgan fingerprint density at radius 2 is 1.65 bits per heavy atom. The second-order valence-electron chi connectivity index (χ2n) is 6.11. The first kappa shape index (κ1) is 21.6. The molecule has 0 aliphatic rings. The Morgan fingerprint density at radius 3 is 2.19 bits per heavy atom. The lowest BCUT2D eigenvalue weighted by Gasteiger charge is -2.19. The van der Waals surface area contributed by atoms with E-state index in [1.54, 1.807) is 6.92 Å². The average molecular weight is 364 g/mol. The van der Waals surface area contributed by atoms with E-state index in [-0.39, 0.29) is 31.6 Å². The number of nitrogens with one attached hydrogen (secondary N) is 3. The van der Waals surface area contributed by atoms with Crippen molar-refractivity contribution in [3.63, 3.8) is 0 Å². The molecule has 1 unspecified atom stereocenters. The van der Waals surface area contributed by atoms with Gasteiger partial charge in [-0.1, -0.05) is 31.2 Å². The standard InChI is InChI=1S/C19H29N3O4/c1-5-15-8-10-16(11-9-15)14(4)20-17(23)12-22(6-2)13-18(24)21-19(25)26-7-3/h8-11,14H,5-7,12-13H2,1-4H3,(H,20,23)(H,21,24,25)/p+1/t14-/m1/s1. The SMILES string of the molecule is CCOC(=O)NC(=O)C[NH+](CC)CC(=O)N[C@H](C)c1ccc(CC)cc1. The van der Waals surface area contributed by atoms with E-state index in [1.807, 2.05) is 26.0 Å². The number of alkyl carbamates (subject to hydrolysis) is 1. The fourth-order valence-corrected chi connectivity index (χ4v) is 2.51. The number of carbonyl (C=O) groups is 3. The quantitative estimate of drug-likeness (QED) is 0.599. The molecule has 1 aromatic carbocycles. The highest BCUT2D eigenvalue weighted by Crippen LogP contribution is 2.13. The van der Waals surface area contributed by atoms with Gasteiger partial charge in [-0.25, -0.2) is 4.79 Å². The third kappa shape index (κ3) is 7.65. The number of aryl methyl sites for hydroxylation is 1. The molecule has 3 N–H and O–H groups in total. The van der Waals surface area contributed by atoms with Crippen molar-refractivity contribution in [1.29, 1.82) is 0 Å². The molecule has 144 valence electrons. The molecule has 7 heteroatoms. The van der Waals surface area contributed by atoms with Gasteiger partial charge in [0.2, 0.25) is 0 Å². The summed E-state index contributed by atoms with van der Waals surface area (Å²) in [5.74, 6) is -0.603. The number of benzene rings is 1. The van der Waals surface area contributed by atoms with E-state index in [0.29, 0.717) is 6.54 Å². The zero-order chi connectivity index (χ0) is 19.5. The van der Waals surface area contributed by atoms with Gasteiger partial charge in [0.25, 0.3) is 11.8 Å². The van der Waals surface area contributed by atoms with Crippen LogP contribution in [0.4, 0.5) is 4.79 Å². The lowest BCUT2D eigenvalue weighted by molar-refractivity contribution is -0.881. The topological polar surface area (TPSA) is 88.9 Å². The molecule has 0 saturated carbocycles. The van der Waals surface area contributed by atoms with Crippen molar-refractivity contribution < 1.29 is 24.0 Å². The van der Waals surface area contributed by atoms with Crippen LogP contribution >= 0.6 is 0 Å². The first-order valence-electron chi connectivity index (χ1n) is 9.07. The van der Waals surface area contributed by atoms with Gasteiger partial charge >= 0.3 is 6.09 Å². The highest BCUT2D eigenvalue weighted by Gasteiger charge is 2.19. The summed E-state index contributed by atoms with van der Waals surface area (Å²) in [5.41, 5.74) is 2.29. The van der Waals surface area contributed by atoms with Crippen LogP contribution in [0.3, 0.4) is 0 Å². The predicted octanol–water partition coefficient (Wildman–Crippen LogP) is 0.604. The van der Waals surface area contributed by atoms with Gasteiger partial charge in [-0.3, -0.25) is 14.9 Å². The molecule has 0 heterocycles. The van der Waals surface area contributed by atoms with Crippen molar-refractivity contribution in [2.24, 2.45) is 0 Å². The number of hydrogen-bond acceptors (Lipinski definition) is 4. The molecule has 26 heavy (non-hydrogen) atoms. The van der Waals surface area contributed by atoms with Crippen LogP contribution in [-0.4, -0.2) is 44.1 Å². The molecule has 0 bridgehead atoms. The molecule has 7 nitrogen and oxygen atoms in total. The van der Waals surface area contributed by atoms with Crippen LogP contribution in [0.2, 0.25) is 0 Å². The Kier molecular flexibility index (Phi) is 9.36.